The average Bonchev–Trinajstić information content (AvgIpc) is 2.60. The number of hydrogen-bond donors (Lipinski definition) is 0. The molecule has 1 aliphatic heterocycles. The van der Waals surface area contributed by atoms with E-state index in [1.54, 1.807) is 11.1 Å². The van der Waals surface area contributed by atoms with E-state index < -0.39 is 5.97 Å². The summed E-state index contributed by atoms with van der Waals surface area (Å²) in [5, 5.41) is 0. The SMILES string of the molecule is Cc1ccc(C2=NC(=CN(C)C)C(=O)O2)cc1. The molecule has 4 nitrogen and oxygen atoms in total. The number of ether oxygens (including phenoxy) is 1. The summed E-state index contributed by atoms with van der Waals surface area (Å²) >= 11 is 0. The number of carbonyl (C=O) groups excluding carboxylic acids is 1. The molecule has 0 aromatic heterocycles. The number of nitrogens with zero attached hydrogens (tertiary/aromatic N) is 2. The van der Waals surface area contributed by atoms with Crippen LogP contribution < -0.4 is 0 Å². The van der Waals surface area contributed by atoms with Gasteiger partial charge in [-0.25, -0.2) is 9.79 Å². The molecule has 2 rings (SSSR count). The van der Waals surface area contributed by atoms with Gasteiger partial charge in [-0.15, -0.1) is 0 Å². The Labute approximate surface area is 100 Å². The third-order valence-electron chi connectivity index (χ3n) is 2.30. The number of aliphatic imine (C=N–C) groups is 1. The molecule has 0 amide bonds. The molecule has 0 radical (unpaired) electrons. The molecule has 0 N–H and O–H groups in total. The maximum atomic E-state index is 11.5. The van der Waals surface area contributed by atoms with Gasteiger partial charge in [0.25, 0.3) is 0 Å². The summed E-state index contributed by atoms with van der Waals surface area (Å²) in [6.07, 6.45) is 1.64. The molecule has 17 heavy (non-hydrogen) atoms. The van der Waals surface area contributed by atoms with Crippen molar-refractivity contribution in [3.63, 3.8) is 0 Å². The van der Waals surface area contributed by atoms with Gasteiger partial charge >= 0.3 is 5.97 Å². The van der Waals surface area contributed by atoms with Crippen LogP contribution in [0.25, 0.3) is 0 Å². The Kier molecular flexibility index (Phi) is 2.95. The highest BCUT2D eigenvalue weighted by molar-refractivity contribution is 6.11. The van der Waals surface area contributed by atoms with Gasteiger partial charge in [-0.3, -0.25) is 0 Å². The van der Waals surface area contributed by atoms with Crippen LogP contribution in [0.5, 0.6) is 0 Å². The summed E-state index contributed by atoms with van der Waals surface area (Å²) in [7, 11) is 3.67. The fourth-order valence-corrected chi connectivity index (χ4v) is 1.46. The van der Waals surface area contributed by atoms with Crippen LogP contribution in [0, 0.1) is 6.92 Å². The second-order valence-corrected chi connectivity index (χ2v) is 4.15. The van der Waals surface area contributed by atoms with Crippen LogP contribution in [0.2, 0.25) is 0 Å². The van der Waals surface area contributed by atoms with Crippen molar-refractivity contribution in [1.82, 2.24) is 4.90 Å². The minimum Gasteiger partial charge on any atom is -0.402 e. The lowest BCUT2D eigenvalue weighted by Gasteiger charge is -2.02. The van der Waals surface area contributed by atoms with E-state index in [0.29, 0.717) is 11.6 Å². The van der Waals surface area contributed by atoms with E-state index in [0.717, 1.165) is 11.1 Å². The number of carbonyl (C=O) groups is 1. The summed E-state index contributed by atoms with van der Waals surface area (Å²) in [6.45, 7) is 2.00. The Morgan fingerprint density at radius 2 is 1.88 bits per heavy atom. The van der Waals surface area contributed by atoms with E-state index >= 15 is 0 Å². The Bertz CT molecular complexity index is 499. The van der Waals surface area contributed by atoms with Crippen LogP contribution in [-0.4, -0.2) is 30.9 Å². The first-order valence-electron chi connectivity index (χ1n) is 5.32. The first-order valence-corrected chi connectivity index (χ1v) is 5.32. The lowest BCUT2D eigenvalue weighted by atomic mass is 10.1. The normalized spacial score (nSPS) is 17.0. The van der Waals surface area contributed by atoms with Gasteiger partial charge in [-0.05, 0) is 19.1 Å². The van der Waals surface area contributed by atoms with Crippen molar-refractivity contribution in [3.8, 4) is 0 Å². The zero-order chi connectivity index (χ0) is 12.4. The zero-order valence-corrected chi connectivity index (χ0v) is 10.1. The van der Waals surface area contributed by atoms with E-state index in [2.05, 4.69) is 4.99 Å². The maximum absolute atomic E-state index is 11.5. The molecule has 0 fully saturated rings. The molecule has 1 aromatic carbocycles. The van der Waals surface area contributed by atoms with Crippen molar-refractivity contribution in [1.29, 1.82) is 0 Å². The Hall–Kier alpha value is -2.10. The molecule has 0 saturated carbocycles. The smallest absolute Gasteiger partial charge is 0.365 e. The molecule has 1 aliphatic rings. The van der Waals surface area contributed by atoms with Crippen molar-refractivity contribution in [2.75, 3.05) is 14.1 Å². The molecular formula is C13H14N2O2. The van der Waals surface area contributed by atoms with Crippen LogP contribution in [0.4, 0.5) is 0 Å². The maximum Gasteiger partial charge on any atom is 0.365 e. The van der Waals surface area contributed by atoms with Crippen LogP contribution in [0.1, 0.15) is 11.1 Å². The number of cyclic esters (lactones) is 1. The minimum atomic E-state index is -0.408. The van der Waals surface area contributed by atoms with Crippen molar-refractivity contribution in [2.24, 2.45) is 4.99 Å². The molecule has 0 spiro atoms. The van der Waals surface area contributed by atoms with Gasteiger partial charge in [-0.1, -0.05) is 17.7 Å². The second-order valence-electron chi connectivity index (χ2n) is 4.15. The van der Waals surface area contributed by atoms with Gasteiger partial charge in [0.1, 0.15) is 0 Å². The third kappa shape index (κ3) is 2.53. The second kappa shape index (κ2) is 4.41. The number of benzene rings is 1. The van der Waals surface area contributed by atoms with Gasteiger partial charge in [0.05, 0.1) is 0 Å². The highest BCUT2D eigenvalue weighted by Crippen LogP contribution is 2.16. The topological polar surface area (TPSA) is 41.9 Å². The van der Waals surface area contributed by atoms with Gasteiger partial charge in [0.15, 0.2) is 5.70 Å². The number of aryl methyl sites for hydroxylation is 1. The Morgan fingerprint density at radius 1 is 1.24 bits per heavy atom. The predicted octanol–water partition coefficient (Wildman–Crippen LogP) is 1.70. The van der Waals surface area contributed by atoms with Crippen molar-refractivity contribution < 1.29 is 9.53 Å². The molecule has 1 aromatic rings. The van der Waals surface area contributed by atoms with E-state index in [1.807, 2.05) is 45.3 Å². The van der Waals surface area contributed by atoms with E-state index in [1.165, 1.54) is 0 Å². The van der Waals surface area contributed by atoms with Gasteiger partial charge in [0, 0.05) is 25.9 Å². The van der Waals surface area contributed by atoms with Crippen molar-refractivity contribution in [3.05, 3.63) is 47.3 Å². The summed E-state index contributed by atoms with van der Waals surface area (Å²) in [6, 6.07) is 7.69. The van der Waals surface area contributed by atoms with Crippen LogP contribution in [-0.2, 0) is 9.53 Å². The molecule has 0 atom stereocenters. The van der Waals surface area contributed by atoms with Gasteiger partial charge in [0.2, 0.25) is 5.90 Å². The highest BCUT2D eigenvalue weighted by atomic mass is 16.6. The Balaban J connectivity index is 2.30. The lowest BCUT2D eigenvalue weighted by Crippen LogP contribution is -2.07. The average molecular weight is 230 g/mol. The molecule has 0 unspecified atom stereocenters. The number of hydrogen-bond acceptors (Lipinski definition) is 4. The predicted molar refractivity (Wildman–Crippen MR) is 65.6 cm³/mol. The number of esters is 1. The highest BCUT2D eigenvalue weighted by Gasteiger charge is 2.24. The monoisotopic (exact) mass is 230 g/mol. The van der Waals surface area contributed by atoms with Crippen LogP contribution in [0.3, 0.4) is 0 Å². The summed E-state index contributed by atoms with van der Waals surface area (Å²) in [5.41, 5.74) is 2.29. The van der Waals surface area contributed by atoms with Crippen LogP contribution in [0.15, 0.2) is 41.2 Å². The van der Waals surface area contributed by atoms with Crippen molar-refractivity contribution >= 4 is 11.9 Å². The van der Waals surface area contributed by atoms with E-state index in [9.17, 15) is 4.79 Å². The molecule has 88 valence electrons. The zero-order valence-electron chi connectivity index (χ0n) is 10.1. The van der Waals surface area contributed by atoms with Gasteiger partial charge < -0.3 is 9.64 Å². The largest absolute Gasteiger partial charge is 0.402 e. The first kappa shape index (κ1) is 11.4. The minimum absolute atomic E-state index is 0.325. The third-order valence-corrected chi connectivity index (χ3v) is 2.30. The standard InChI is InChI=1S/C13H14N2O2/c1-9-4-6-10(7-5-9)12-14-11(8-15(2)3)13(16)17-12/h4-8H,1-3H3. The fraction of sp³-hybridized carbons (Fsp3) is 0.231. The molecule has 1 heterocycles. The summed E-state index contributed by atoms with van der Waals surface area (Å²) in [5.74, 6) is -0.0441. The summed E-state index contributed by atoms with van der Waals surface area (Å²) in [4.78, 5) is 17.5. The molecule has 0 bridgehead atoms. The lowest BCUT2D eigenvalue weighted by molar-refractivity contribution is -0.130. The molecular weight excluding hydrogens is 216 g/mol. The van der Waals surface area contributed by atoms with Crippen molar-refractivity contribution in [2.45, 2.75) is 6.92 Å². The first-order chi connectivity index (χ1) is 8.06. The fourth-order valence-electron chi connectivity index (χ4n) is 1.46. The molecule has 0 saturated heterocycles. The quantitative estimate of drug-likeness (QED) is 0.573. The van der Waals surface area contributed by atoms with E-state index in [-0.39, 0.29) is 0 Å². The summed E-state index contributed by atoms with van der Waals surface area (Å²) < 4.78 is 5.12. The Morgan fingerprint density at radius 3 is 2.47 bits per heavy atom. The molecule has 0 aliphatic carbocycles. The molecule has 4 heteroatoms. The van der Waals surface area contributed by atoms with Crippen LogP contribution >= 0.6 is 0 Å². The number of rotatable bonds is 2. The van der Waals surface area contributed by atoms with E-state index in [4.69, 9.17) is 4.74 Å². The van der Waals surface area contributed by atoms with Gasteiger partial charge in [-0.2, -0.15) is 0 Å².